The van der Waals surface area contributed by atoms with E-state index >= 15 is 0 Å². The zero-order chi connectivity index (χ0) is 15.8. The molecule has 0 saturated heterocycles. The van der Waals surface area contributed by atoms with Gasteiger partial charge in [-0.25, -0.2) is 0 Å². The molecule has 1 unspecified atom stereocenters. The van der Waals surface area contributed by atoms with Crippen LogP contribution in [-0.4, -0.2) is 27.7 Å². The Hall–Kier alpha value is -0.670. The van der Waals surface area contributed by atoms with Crippen LogP contribution in [0.4, 0.5) is 0 Å². The Morgan fingerprint density at radius 2 is 1.91 bits per heavy atom. The number of carbonyl (C=O) groups is 1. The number of rotatable bonds is 0. The predicted octanol–water partition coefficient (Wildman–Crippen LogP) is 2.99. The number of Topliss-reactive ketones (excluding diaryl/α,β-unsaturated/α-hetero) is 1. The summed E-state index contributed by atoms with van der Waals surface area (Å²) in [6, 6.07) is 0. The Balaban J connectivity index is 1.76. The molecule has 0 spiro atoms. The summed E-state index contributed by atoms with van der Waals surface area (Å²) in [6.45, 7) is 4.34. The lowest BCUT2D eigenvalue weighted by atomic mass is 9.45. The summed E-state index contributed by atoms with van der Waals surface area (Å²) >= 11 is 0. The topological polar surface area (TPSA) is 57.5 Å². The van der Waals surface area contributed by atoms with Gasteiger partial charge in [0.1, 0.15) is 5.78 Å². The van der Waals surface area contributed by atoms with Crippen molar-refractivity contribution in [2.24, 2.45) is 22.7 Å². The van der Waals surface area contributed by atoms with Crippen LogP contribution in [0.3, 0.4) is 0 Å². The summed E-state index contributed by atoms with van der Waals surface area (Å²) < 4.78 is 0. The van der Waals surface area contributed by atoms with Gasteiger partial charge in [-0.15, -0.1) is 0 Å². The van der Waals surface area contributed by atoms with E-state index in [4.69, 9.17) is 0 Å². The third-order valence-electron chi connectivity index (χ3n) is 7.98. The van der Waals surface area contributed by atoms with Crippen molar-refractivity contribution in [3.05, 3.63) is 11.6 Å². The molecule has 2 N–H and O–H groups in total. The SMILES string of the molecule is C[C@]12CC[C@H](O)CC1=CC[C@H]1[C@@H]3CCC(=O)[C@@]3(C)CCC12O. The Bertz CT molecular complexity index is 553. The highest BCUT2D eigenvalue weighted by Gasteiger charge is 2.65. The average Bonchev–Trinajstić information content (AvgIpc) is 2.77. The molecule has 4 aliphatic rings. The maximum atomic E-state index is 12.4. The van der Waals surface area contributed by atoms with Crippen molar-refractivity contribution >= 4 is 5.78 Å². The molecule has 22 heavy (non-hydrogen) atoms. The van der Waals surface area contributed by atoms with Crippen LogP contribution in [0.5, 0.6) is 0 Å². The minimum Gasteiger partial charge on any atom is -0.393 e. The third-order valence-corrected chi connectivity index (χ3v) is 7.98. The number of allylic oxidation sites excluding steroid dienone is 1. The Labute approximate surface area is 132 Å². The van der Waals surface area contributed by atoms with Crippen molar-refractivity contribution < 1.29 is 15.0 Å². The lowest BCUT2D eigenvalue weighted by Gasteiger charge is -2.61. The molecule has 0 bridgehead atoms. The summed E-state index contributed by atoms with van der Waals surface area (Å²) in [5.74, 6) is 0.959. The highest BCUT2D eigenvalue weighted by molar-refractivity contribution is 5.87. The van der Waals surface area contributed by atoms with E-state index in [0.29, 0.717) is 24.5 Å². The highest BCUT2D eigenvalue weighted by Crippen LogP contribution is 2.65. The monoisotopic (exact) mass is 304 g/mol. The molecule has 122 valence electrons. The molecule has 0 aromatic heterocycles. The molecule has 4 rings (SSSR count). The van der Waals surface area contributed by atoms with E-state index in [0.717, 1.165) is 38.5 Å². The fourth-order valence-electron chi connectivity index (χ4n) is 6.35. The van der Waals surface area contributed by atoms with Gasteiger partial charge in [-0.1, -0.05) is 25.5 Å². The van der Waals surface area contributed by atoms with Gasteiger partial charge in [0.15, 0.2) is 0 Å². The molecule has 0 aromatic rings. The van der Waals surface area contributed by atoms with Gasteiger partial charge in [0.2, 0.25) is 0 Å². The van der Waals surface area contributed by atoms with Crippen molar-refractivity contribution in [2.45, 2.75) is 76.9 Å². The Morgan fingerprint density at radius 1 is 1.14 bits per heavy atom. The van der Waals surface area contributed by atoms with Crippen LogP contribution in [0, 0.1) is 22.7 Å². The summed E-state index contributed by atoms with van der Waals surface area (Å²) in [6.07, 6.45) is 8.48. The molecular formula is C19H28O3. The van der Waals surface area contributed by atoms with Crippen molar-refractivity contribution in [1.82, 2.24) is 0 Å². The summed E-state index contributed by atoms with van der Waals surface area (Å²) in [7, 11) is 0. The normalized spacial score (nSPS) is 54.3. The lowest BCUT2D eigenvalue weighted by molar-refractivity contribution is -0.184. The molecule has 4 aliphatic carbocycles. The molecule has 0 aliphatic heterocycles. The molecule has 0 radical (unpaired) electrons. The van der Waals surface area contributed by atoms with Crippen molar-refractivity contribution in [3.8, 4) is 0 Å². The van der Waals surface area contributed by atoms with Gasteiger partial charge < -0.3 is 10.2 Å². The minimum atomic E-state index is -0.688. The second kappa shape index (κ2) is 4.45. The minimum absolute atomic E-state index is 0.202. The van der Waals surface area contributed by atoms with E-state index in [1.165, 1.54) is 5.57 Å². The molecule has 3 nitrogen and oxygen atoms in total. The summed E-state index contributed by atoms with van der Waals surface area (Å²) in [4.78, 5) is 12.4. The van der Waals surface area contributed by atoms with Gasteiger partial charge in [0.25, 0.3) is 0 Å². The number of fused-ring (bicyclic) bond motifs is 5. The number of ketones is 1. The largest absolute Gasteiger partial charge is 0.393 e. The smallest absolute Gasteiger partial charge is 0.139 e. The van der Waals surface area contributed by atoms with Crippen LogP contribution in [-0.2, 0) is 4.79 Å². The number of aliphatic hydroxyl groups excluding tert-OH is 1. The van der Waals surface area contributed by atoms with Crippen LogP contribution in [0.1, 0.15) is 65.2 Å². The van der Waals surface area contributed by atoms with Crippen LogP contribution < -0.4 is 0 Å². The molecule has 0 amide bonds. The van der Waals surface area contributed by atoms with Crippen LogP contribution in [0.2, 0.25) is 0 Å². The zero-order valence-electron chi connectivity index (χ0n) is 13.8. The van der Waals surface area contributed by atoms with Crippen molar-refractivity contribution in [3.63, 3.8) is 0 Å². The number of hydrogen-bond donors (Lipinski definition) is 2. The van der Waals surface area contributed by atoms with Crippen LogP contribution in [0.15, 0.2) is 11.6 Å². The number of carbonyl (C=O) groups excluding carboxylic acids is 1. The van der Waals surface area contributed by atoms with Gasteiger partial charge in [-0.3, -0.25) is 4.79 Å². The average molecular weight is 304 g/mol. The summed E-state index contributed by atoms with van der Waals surface area (Å²) in [5.41, 5.74) is 0.166. The maximum absolute atomic E-state index is 12.4. The molecule has 3 fully saturated rings. The third kappa shape index (κ3) is 1.62. The van der Waals surface area contributed by atoms with Gasteiger partial charge >= 0.3 is 0 Å². The maximum Gasteiger partial charge on any atom is 0.139 e. The Kier molecular flexibility index (Phi) is 3.01. The van der Waals surface area contributed by atoms with E-state index in [1.54, 1.807) is 0 Å². The van der Waals surface area contributed by atoms with Crippen molar-refractivity contribution in [2.75, 3.05) is 0 Å². The van der Waals surface area contributed by atoms with Gasteiger partial charge in [0.05, 0.1) is 11.7 Å². The summed E-state index contributed by atoms with van der Waals surface area (Å²) in [5, 5.41) is 21.7. The van der Waals surface area contributed by atoms with Gasteiger partial charge in [-0.2, -0.15) is 0 Å². The van der Waals surface area contributed by atoms with E-state index in [-0.39, 0.29) is 22.9 Å². The highest BCUT2D eigenvalue weighted by atomic mass is 16.3. The van der Waals surface area contributed by atoms with Gasteiger partial charge in [0, 0.05) is 17.3 Å². The first-order valence-corrected chi connectivity index (χ1v) is 8.94. The molecular weight excluding hydrogens is 276 g/mol. The zero-order valence-corrected chi connectivity index (χ0v) is 13.8. The van der Waals surface area contributed by atoms with Crippen LogP contribution >= 0.6 is 0 Å². The Morgan fingerprint density at radius 3 is 2.68 bits per heavy atom. The second-order valence-electron chi connectivity index (χ2n) is 8.71. The van der Waals surface area contributed by atoms with E-state index < -0.39 is 5.60 Å². The molecule has 0 aromatic carbocycles. The van der Waals surface area contributed by atoms with E-state index in [9.17, 15) is 15.0 Å². The van der Waals surface area contributed by atoms with E-state index in [2.05, 4.69) is 19.9 Å². The molecule has 3 saturated carbocycles. The second-order valence-corrected chi connectivity index (χ2v) is 8.71. The number of hydrogen-bond acceptors (Lipinski definition) is 3. The first-order valence-electron chi connectivity index (χ1n) is 8.94. The quantitative estimate of drug-likeness (QED) is 0.676. The van der Waals surface area contributed by atoms with E-state index in [1.807, 2.05) is 0 Å². The predicted molar refractivity (Wildman–Crippen MR) is 84.2 cm³/mol. The first-order chi connectivity index (χ1) is 10.3. The lowest BCUT2D eigenvalue weighted by Crippen LogP contribution is -2.62. The molecule has 6 atom stereocenters. The van der Waals surface area contributed by atoms with Gasteiger partial charge in [-0.05, 0) is 56.8 Å². The van der Waals surface area contributed by atoms with Crippen LogP contribution in [0.25, 0.3) is 0 Å². The first kappa shape index (κ1) is 14.9. The van der Waals surface area contributed by atoms with Crippen molar-refractivity contribution in [1.29, 1.82) is 0 Å². The molecule has 0 heterocycles. The molecule has 3 heteroatoms. The fraction of sp³-hybridized carbons (Fsp3) is 0.842. The number of aliphatic hydroxyl groups is 2. The fourth-order valence-corrected chi connectivity index (χ4v) is 6.35. The standard InChI is InChI=1S/C19H28O3/c1-17-9-10-19(22)15(14(17)5-6-16(17)21)4-3-12-11-13(20)7-8-18(12,19)2/h3,13-15,20,22H,4-11H2,1-2H3/t13-,14-,15-,17-,18-,19?/m0/s1.